The molecule has 1 aromatic carbocycles. The minimum atomic E-state index is -0.645. The minimum Gasteiger partial charge on any atom is -0.384 e. The number of ketones is 1. The van der Waals surface area contributed by atoms with Crippen LogP contribution in [0.5, 0.6) is 0 Å². The zero-order valence-electron chi connectivity index (χ0n) is 14.7. The second kappa shape index (κ2) is 7.20. The van der Waals surface area contributed by atoms with Gasteiger partial charge >= 0.3 is 5.69 Å². The summed E-state index contributed by atoms with van der Waals surface area (Å²) in [4.78, 5) is 39.2. The fourth-order valence-corrected chi connectivity index (χ4v) is 3.91. The van der Waals surface area contributed by atoms with Crippen molar-refractivity contribution >= 4 is 27.5 Å². The van der Waals surface area contributed by atoms with E-state index in [9.17, 15) is 14.4 Å². The van der Waals surface area contributed by atoms with E-state index in [1.807, 2.05) is 24.3 Å². The highest BCUT2D eigenvalue weighted by Crippen LogP contribution is 2.33. The van der Waals surface area contributed by atoms with Crippen LogP contribution < -0.4 is 17.0 Å². The Kier molecular flexibility index (Phi) is 5.15. The Balaban J connectivity index is 1.91. The van der Waals surface area contributed by atoms with E-state index < -0.39 is 11.2 Å². The van der Waals surface area contributed by atoms with E-state index >= 15 is 0 Å². The van der Waals surface area contributed by atoms with Gasteiger partial charge in [-0.15, -0.1) is 0 Å². The lowest BCUT2D eigenvalue weighted by Crippen LogP contribution is -2.43. The van der Waals surface area contributed by atoms with Gasteiger partial charge in [-0.25, -0.2) is 4.79 Å². The van der Waals surface area contributed by atoms with Crippen LogP contribution in [0.1, 0.15) is 34.8 Å². The molecule has 2 aromatic rings. The summed E-state index contributed by atoms with van der Waals surface area (Å²) in [6.45, 7) is 0.865. The Hall–Kier alpha value is -2.19. The lowest BCUT2D eigenvalue weighted by Gasteiger charge is -2.24. The average molecular weight is 421 g/mol. The quantitative estimate of drug-likeness (QED) is 0.755. The number of halogens is 1. The van der Waals surface area contributed by atoms with Gasteiger partial charge in [0.1, 0.15) is 11.4 Å². The van der Waals surface area contributed by atoms with Crippen molar-refractivity contribution in [3.05, 3.63) is 60.7 Å². The normalized spacial score (nSPS) is 17.6. The van der Waals surface area contributed by atoms with Gasteiger partial charge < -0.3 is 5.73 Å². The number of Topliss-reactive ketones (excluding diaryl/α,β-unsaturated/α-hetero) is 1. The van der Waals surface area contributed by atoms with Gasteiger partial charge in [0.05, 0.1) is 6.54 Å². The summed E-state index contributed by atoms with van der Waals surface area (Å²) in [7, 11) is 2.80. The second-order valence-corrected chi connectivity index (χ2v) is 7.49. The van der Waals surface area contributed by atoms with Gasteiger partial charge in [-0.1, -0.05) is 28.1 Å². The number of anilines is 1. The van der Waals surface area contributed by atoms with E-state index in [0.717, 1.165) is 38.6 Å². The van der Waals surface area contributed by atoms with Gasteiger partial charge in [0.15, 0.2) is 5.78 Å². The maximum absolute atomic E-state index is 12.8. The fourth-order valence-electron chi connectivity index (χ4n) is 3.49. The van der Waals surface area contributed by atoms with Gasteiger partial charge in [-0.05, 0) is 37.1 Å². The number of likely N-dealkylation sites (tertiary alicyclic amines) is 1. The molecule has 0 aliphatic carbocycles. The molecule has 1 unspecified atom stereocenters. The smallest absolute Gasteiger partial charge is 0.332 e. The van der Waals surface area contributed by atoms with Crippen LogP contribution >= 0.6 is 15.9 Å². The maximum Gasteiger partial charge on any atom is 0.332 e. The zero-order chi connectivity index (χ0) is 19.0. The first-order valence-electron chi connectivity index (χ1n) is 8.39. The number of aromatic nitrogens is 2. The first-order chi connectivity index (χ1) is 12.3. The van der Waals surface area contributed by atoms with Gasteiger partial charge in [0, 0.05) is 24.6 Å². The van der Waals surface area contributed by atoms with Crippen LogP contribution in [0.25, 0.3) is 0 Å². The largest absolute Gasteiger partial charge is 0.384 e. The van der Waals surface area contributed by atoms with Crippen LogP contribution in [0.15, 0.2) is 38.3 Å². The van der Waals surface area contributed by atoms with E-state index in [4.69, 9.17) is 5.73 Å². The number of nitrogens with two attached hydrogens (primary N) is 1. The maximum atomic E-state index is 12.8. The molecule has 1 saturated heterocycles. The van der Waals surface area contributed by atoms with Crippen LogP contribution in [0.4, 0.5) is 5.82 Å². The zero-order valence-corrected chi connectivity index (χ0v) is 16.3. The molecule has 1 atom stereocenters. The Morgan fingerprint density at radius 3 is 2.69 bits per heavy atom. The molecule has 3 rings (SSSR count). The van der Waals surface area contributed by atoms with Gasteiger partial charge in [-0.2, -0.15) is 0 Å². The van der Waals surface area contributed by atoms with Crippen molar-refractivity contribution in [1.82, 2.24) is 14.0 Å². The number of nitrogen functional groups attached to an aromatic ring is 1. The summed E-state index contributed by atoms with van der Waals surface area (Å²) in [5.74, 6) is -0.443. The van der Waals surface area contributed by atoms with E-state index in [2.05, 4.69) is 20.8 Å². The molecule has 7 nitrogen and oxygen atoms in total. The Bertz CT molecular complexity index is 979. The number of hydrogen-bond donors (Lipinski definition) is 1. The lowest BCUT2D eigenvalue weighted by atomic mass is 10.0. The number of hydrogen-bond acceptors (Lipinski definition) is 5. The molecule has 2 N–H and O–H groups in total. The Morgan fingerprint density at radius 1 is 1.27 bits per heavy atom. The summed E-state index contributed by atoms with van der Waals surface area (Å²) in [5, 5.41) is 0. The molecule has 0 spiro atoms. The number of carbonyl (C=O) groups excluding carboxylic acids is 1. The highest BCUT2D eigenvalue weighted by molar-refractivity contribution is 9.10. The first-order valence-corrected chi connectivity index (χ1v) is 9.18. The van der Waals surface area contributed by atoms with Crippen LogP contribution in [-0.4, -0.2) is 32.9 Å². The molecule has 8 heteroatoms. The number of rotatable bonds is 4. The summed E-state index contributed by atoms with van der Waals surface area (Å²) < 4.78 is 3.04. The van der Waals surface area contributed by atoms with E-state index in [1.165, 1.54) is 14.1 Å². The van der Waals surface area contributed by atoms with Crippen molar-refractivity contribution in [3.8, 4) is 0 Å². The standard InChI is InChI=1S/C18H21BrN4O3/c1-21-16(20)15(17(25)22(2)18(21)26)14(24)10-23-8-4-7-13(23)11-5-3-6-12(19)9-11/h3,5-6,9,13H,4,7-8,10,20H2,1-2H3. The molecule has 26 heavy (non-hydrogen) atoms. The molecule has 0 amide bonds. The van der Waals surface area contributed by atoms with E-state index in [1.54, 1.807) is 0 Å². The SMILES string of the molecule is Cn1c(N)c(C(=O)CN2CCCC2c2cccc(Br)c2)c(=O)n(C)c1=O. The average Bonchev–Trinajstić information content (AvgIpc) is 3.06. The predicted molar refractivity (Wildman–Crippen MR) is 103 cm³/mol. The third-order valence-corrected chi connectivity index (χ3v) is 5.43. The molecular weight excluding hydrogens is 400 g/mol. The first kappa shape index (κ1) is 18.6. The third kappa shape index (κ3) is 3.26. The molecule has 0 saturated carbocycles. The third-order valence-electron chi connectivity index (χ3n) is 4.93. The van der Waals surface area contributed by atoms with Crippen molar-refractivity contribution < 1.29 is 4.79 Å². The molecule has 1 aromatic heterocycles. The fraction of sp³-hybridized carbons (Fsp3) is 0.389. The van der Waals surface area contributed by atoms with E-state index in [-0.39, 0.29) is 29.8 Å². The van der Waals surface area contributed by atoms with Crippen molar-refractivity contribution in [1.29, 1.82) is 0 Å². The highest BCUT2D eigenvalue weighted by Gasteiger charge is 2.30. The van der Waals surface area contributed by atoms with Crippen LogP contribution in [0.3, 0.4) is 0 Å². The van der Waals surface area contributed by atoms with Crippen molar-refractivity contribution in [2.24, 2.45) is 14.1 Å². The Labute approximate surface area is 159 Å². The van der Waals surface area contributed by atoms with Crippen molar-refractivity contribution in [2.45, 2.75) is 18.9 Å². The number of carbonyl (C=O) groups is 1. The minimum absolute atomic E-state index is 0.0821. The van der Waals surface area contributed by atoms with Gasteiger partial charge in [0.2, 0.25) is 0 Å². The number of nitrogens with zero attached hydrogens (tertiary/aromatic N) is 3. The summed E-state index contributed by atoms with van der Waals surface area (Å²) >= 11 is 3.48. The van der Waals surface area contributed by atoms with E-state index in [0.29, 0.717) is 0 Å². The van der Waals surface area contributed by atoms with Crippen LogP contribution in [-0.2, 0) is 14.1 Å². The van der Waals surface area contributed by atoms with Gasteiger partial charge in [0.25, 0.3) is 5.56 Å². The molecular formula is C18H21BrN4O3. The molecule has 1 aliphatic rings. The van der Waals surface area contributed by atoms with Crippen molar-refractivity contribution in [3.63, 3.8) is 0 Å². The monoisotopic (exact) mass is 420 g/mol. The molecule has 2 heterocycles. The number of benzene rings is 1. The molecule has 1 aliphatic heterocycles. The summed E-state index contributed by atoms with van der Waals surface area (Å²) in [6, 6.07) is 8.14. The van der Waals surface area contributed by atoms with Crippen LogP contribution in [0.2, 0.25) is 0 Å². The topological polar surface area (TPSA) is 90.3 Å². The van der Waals surface area contributed by atoms with Crippen LogP contribution in [0, 0.1) is 0 Å². The highest BCUT2D eigenvalue weighted by atomic mass is 79.9. The molecule has 0 bridgehead atoms. The summed E-state index contributed by atoms with van der Waals surface area (Å²) in [5.41, 5.74) is 5.72. The summed E-state index contributed by atoms with van der Waals surface area (Å²) in [6.07, 6.45) is 1.93. The second-order valence-electron chi connectivity index (χ2n) is 6.57. The Morgan fingerprint density at radius 2 is 2.00 bits per heavy atom. The molecule has 0 radical (unpaired) electrons. The molecule has 138 valence electrons. The van der Waals surface area contributed by atoms with Gasteiger partial charge in [-0.3, -0.25) is 23.6 Å². The predicted octanol–water partition coefficient (Wildman–Crippen LogP) is 1.45. The van der Waals surface area contributed by atoms with Crippen molar-refractivity contribution in [2.75, 3.05) is 18.8 Å². The molecule has 1 fully saturated rings. The lowest BCUT2D eigenvalue weighted by molar-refractivity contribution is 0.0919.